The highest BCUT2D eigenvalue weighted by Gasteiger charge is 2.09. The van der Waals surface area contributed by atoms with E-state index in [4.69, 9.17) is 0 Å². The molecule has 1 aliphatic carbocycles. The van der Waals surface area contributed by atoms with Crippen LogP contribution in [0, 0.1) is 6.92 Å². The molecule has 0 radical (unpaired) electrons. The molecule has 0 atom stereocenters. The van der Waals surface area contributed by atoms with Crippen LogP contribution in [0.4, 0.5) is 11.4 Å². The van der Waals surface area contributed by atoms with Crippen molar-refractivity contribution in [3.8, 4) is 0 Å². The van der Waals surface area contributed by atoms with Gasteiger partial charge in [0.25, 0.3) is 0 Å². The number of carbonyl (C=O) groups excluding carboxylic acids is 1. The molecule has 3 nitrogen and oxygen atoms in total. The molecule has 0 aliphatic heterocycles. The van der Waals surface area contributed by atoms with E-state index in [1.807, 2.05) is 13.0 Å². The lowest BCUT2D eigenvalue weighted by Gasteiger charge is -2.23. The van der Waals surface area contributed by atoms with Crippen molar-refractivity contribution in [2.24, 2.45) is 4.99 Å². The maximum atomic E-state index is 11.5. The Bertz CT molecular complexity index is 653. The summed E-state index contributed by atoms with van der Waals surface area (Å²) in [6, 6.07) is 6.37. The van der Waals surface area contributed by atoms with Gasteiger partial charge in [-0.1, -0.05) is 6.92 Å². The van der Waals surface area contributed by atoms with Crippen LogP contribution in [0.25, 0.3) is 0 Å². The van der Waals surface area contributed by atoms with Crippen LogP contribution in [0.3, 0.4) is 0 Å². The zero-order valence-electron chi connectivity index (χ0n) is 13.9. The smallest absolute Gasteiger partial charge is 0.181 e. The first-order valence-electron chi connectivity index (χ1n) is 7.90. The minimum Gasteiger partial charge on any atom is -0.372 e. The zero-order chi connectivity index (χ0) is 16.1. The van der Waals surface area contributed by atoms with Crippen molar-refractivity contribution in [2.45, 2.75) is 34.1 Å². The van der Waals surface area contributed by atoms with Gasteiger partial charge >= 0.3 is 0 Å². The topological polar surface area (TPSA) is 32.7 Å². The van der Waals surface area contributed by atoms with E-state index >= 15 is 0 Å². The van der Waals surface area contributed by atoms with Crippen LogP contribution in [0.2, 0.25) is 0 Å². The molecule has 22 heavy (non-hydrogen) atoms. The number of carbonyl (C=O) groups is 1. The molecule has 0 spiro atoms. The van der Waals surface area contributed by atoms with E-state index in [9.17, 15) is 4.79 Å². The lowest BCUT2D eigenvalue weighted by atomic mass is 10.0. The Morgan fingerprint density at radius 2 is 1.91 bits per heavy atom. The number of anilines is 1. The number of benzene rings is 1. The van der Waals surface area contributed by atoms with Gasteiger partial charge in [0.1, 0.15) is 0 Å². The number of ketones is 1. The maximum absolute atomic E-state index is 11.5. The fourth-order valence-corrected chi connectivity index (χ4v) is 2.54. The quantitative estimate of drug-likeness (QED) is 0.755. The van der Waals surface area contributed by atoms with E-state index in [1.54, 1.807) is 12.2 Å². The lowest BCUT2D eigenvalue weighted by Crippen LogP contribution is -2.23. The number of hydrogen-bond donors (Lipinski definition) is 0. The van der Waals surface area contributed by atoms with Gasteiger partial charge in [-0.05, 0) is 74.8 Å². The third-order valence-electron chi connectivity index (χ3n) is 3.83. The van der Waals surface area contributed by atoms with Crippen LogP contribution in [0.5, 0.6) is 0 Å². The van der Waals surface area contributed by atoms with E-state index in [0.717, 1.165) is 42.0 Å². The SMILES string of the molecule is CCCN(CC)c1ccc(N=C2C=CC(=O)C(C)=C2)c(C)c1. The molecule has 0 unspecified atom stereocenters. The van der Waals surface area contributed by atoms with E-state index in [2.05, 4.69) is 48.9 Å². The molecule has 1 aliphatic rings. The average molecular weight is 296 g/mol. The van der Waals surface area contributed by atoms with Gasteiger partial charge in [0, 0.05) is 18.8 Å². The summed E-state index contributed by atoms with van der Waals surface area (Å²) in [5, 5.41) is 0. The standard InChI is InChI=1S/C19H24N2O/c1-5-11-21(6-2)17-8-9-18(14(3)13-17)20-16-7-10-19(22)15(4)12-16/h7-10,12-13H,5-6,11H2,1-4H3. The van der Waals surface area contributed by atoms with Crippen molar-refractivity contribution in [3.05, 3.63) is 47.6 Å². The van der Waals surface area contributed by atoms with Crippen LogP contribution in [0.15, 0.2) is 47.0 Å². The molecule has 0 saturated carbocycles. The summed E-state index contributed by atoms with van der Waals surface area (Å²) in [7, 11) is 0. The summed E-state index contributed by atoms with van der Waals surface area (Å²) in [5.74, 6) is 0.0594. The Balaban J connectivity index is 2.27. The van der Waals surface area contributed by atoms with Gasteiger partial charge in [-0.2, -0.15) is 0 Å². The van der Waals surface area contributed by atoms with E-state index in [1.165, 1.54) is 5.69 Å². The summed E-state index contributed by atoms with van der Waals surface area (Å²) < 4.78 is 0. The van der Waals surface area contributed by atoms with Gasteiger partial charge in [-0.15, -0.1) is 0 Å². The molecular weight excluding hydrogens is 272 g/mol. The molecule has 0 saturated heterocycles. The highest BCUT2D eigenvalue weighted by Crippen LogP contribution is 2.26. The maximum Gasteiger partial charge on any atom is 0.181 e. The largest absolute Gasteiger partial charge is 0.372 e. The normalized spacial score (nSPS) is 16.1. The molecule has 0 heterocycles. The fraction of sp³-hybridized carbons (Fsp3) is 0.368. The zero-order valence-corrected chi connectivity index (χ0v) is 13.9. The first kappa shape index (κ1) is 16.2. The summed E-state index contributed by atoms with van der Waals surface area (Å²) >= 11 is 0. The summed E-state index contributed by atoms with van der Waals surface area (Å²) in [5.41, 5.74) is 4.90. The van der Waals surface area contributed by atoms with E-state index in [-0.39, 0.29) is 5.78 Å². The van der Waals surface area contributed by atoms with Crippen LogP contribution in [-0.2, 0) is 4.79 Å². The molecule has 3 heteroatoms. The van der Waals surface area contributed by atoms with Crippen molar-refractivity contribution >= 4 is 22.9 Å². The number of allylic oxidation sites excluding steroid dienone is 4. The summed E-state index contributed by atoms with van der Waals surface area (Å²) in [4.78, 5) is 18.5. The molecular formula is C19H24N2O. The monoisotopic (exact) mass is 296 g/mol. The Labute approximate surface area is 133 Å². The average Bonchev–Trinajstić information content (AvgIpc) is 2.50. The highest BCUT2D eigenvalue weighted by molar-refractivity contribution is 6.19. The van der Waals surface area contributed by atoms with Crippen molar-refractivity contribution in [1.29, 1.82) is 0 Å². The van der Waals surface area contributed by atoms with Crippen LogP contribution >= 0.6 is 0 Å². The predicted octanol–water partition coefficient (Wildman–Crippen LogP) is 4.39. The van der Waals surface area contributed by atoms with Crippen molar-refractivity contribution in [1.82, 2.24) is 0 Å². The van der Waals surface area contributed by atoms with Crippen molar-refractivity contribution < 1.29 is 4.79 Å². The van der Waals surface area contributed by atoms with Gasteiger partial charge in [-0.25, -0.2) is 4.99 Å². The van der Waals surface area contributed by atoms with E-state index in [0.29, 0.717) is 0 Å². The molecule has 0 amide bonds. The second-order valence-electron chi connectivity index (χ2n) is 5.61. The second kappa shape index (κ2) is 7.21. The first-order valence-corrected chi connectivity index (χ1v) is 7.90. The Hall–Kier alpha value is -2.16. The minimum absolute atomic E-state index is 0.0594. The molecule has 0 bridgehead atoms. The molecule has 2 rings (SSSR count). The van der Waals surface area contributed by atoms with Crippen LogP contribution in [0.1, 0.15) is 32.8 Å². The third kappa shape index (κ3) is 3.73. The third-order valence-corrected chi connectivity index (χ3v) is 3.83. The molecule has 116 valence electrons. The van der Waals surface area contributed by atoms with Crippen molar-refractivity contribution in [2.75, 3.05) is 18.0 Å². The highest BCUT2D eigenvalue weighted by atomic mass is 16.1. The number of aryl methyl sites for hydroxylation is 1. The van der Waals surface area contributed by atoms with Gasteiger partial charge in [-0.3, -0.25) is 4.79 Å². The van der Waals surface area contributed by atoms with Crippen LogP contribution in [-0.4, -0.2) is 24.6 Å². The van der Waals surface area contributed by atoms with Gasteiger partial charge < -0.3 is 4.90 Å². The Kier molecular flexibility index (Phi) is 5.31. The molecule has 0 aromatic heterocycles. The summed E-state index contributed by atoms with van der Waals surface area (Å²) in [6.07, 6.45) is 6.33. The summed E-state index contributed by atoms with van der Waals surface area (Å²) in [6.45, 7) is 10.3. The van der Waals surface area contributed by atoms with Gasteiger partial charge in [0.05, 0.1) is 11.4 Å². The van der Waals surface area contributed by atoms with Crippen molar-refractivity contribution in [3.63, 3.8) is 0 Å². The van der Waals surface area contributed by atoms with E-state index < -0.39 is 0 Å². The Morgan fingerprint density at radius 1 is 1.14 bits per heavy atom. The Morgan fingerprint density at radius 3 is 2.50 bits per heavy atom. The van der Waals surface area contributed by atoms with Gasteiger partial charge in [0.2, 0.25) is 0 Å². The second-order valence-corrected chi connectivity index (χ2v) is 5.61. The minimum atomic E-state index is 0.0594. The number of rotatable bonds is 5. The van der Waals surface area contributed by atoms with Crippen LogP contribution < -0.4 is 4.90 Å². The number of nitrogens with zero attached hydrogens (tertiary/aromatic N) is 2. The fourth-order valence-electron chi connectivity index (χ4n) is 2.54. The number of aliphatic imine (C=N–C) groups is 1. The van der Waals surface area contributed by atoms with Gasteiger partial charge in [0.15, 0.2) is 5.78 Å². The first-order chi connectivity index (χ1) is 10.5. The lowest BCUT2D eigenvalue weighted by molar-refractivity contribution is -0.111. The molecule has 1 aromatic carbocycles. The predicted molar refractivity (Wildman–Crippen MR) is 94.4 cm³/mol. The molecule has 0 fully saturated rings. The molecule has 0 N–H and O–H groups in total. The number of hydrogen-bond acceptors (Lipinski definition) is 3. The molecule has 1 aromatic rings.